The molecule has 2 aromatic rings. The first-order valence-corrected chi connectivity index (χ1v) is 6.49. The van der Waals surface area contributed by atoms with E-state index in [1.54, 1.807) is 48.5 Å². The normalized spacial score (nSPS) is 18.1. The number of nitrogen functional groups attached to an aromatic ring is 1. The molecule has 0 radical (unpaired) electrons. The molecule has 104 valence electrons. The van der Waals surface area contributed by atoms with E-state index in [1.807, 2.05) is 6.07 Å². The number of carbonyl (C=O) groups excluding carboxylic acids is 2. The lowest BCUT2D eigenvalue weighted by molar-refractivity contribution is -0.129. The summed E-state index contributed by atoms with van der Waals surface area (Å²) in [7, 11) is 0. The van der Waals surface area contributed by atoms with E-state index in [0.29, 0.717) is 16.8 Å². The third-order valence-corrected chi connectivity index (χ3v) is 3.27. The van der Waals surface area contributed by atoms with Crippen molar-refractivity contribution in [1.82, 2.24) is 5.32 Å². The van der Waals surface area contributed by atoms with Gasteiger partial charge in [-0.2, -0.15) is 4.99 Å². The van der Waals surface area contributed by atoms with E-state index in [1.165, 1.54) is 0 Å². The smallest absolute Gasteiger partial charge is 0.264 e. The largest absolute Gasteiger partial charge is 0.399 e. The minimum atomic E-state index is -0.893. The molecule has 0 spiro atoms. The summed E-state index contributed by atoms with van der Waals surface area (Å²) < 4.78 is 0. The Labute approximate surface area is 121 Å². The molecule has 21 heavy (non-hydrogen) atoms. The van der Waals surface area contributed by atoms with Crippen molar-refractivity contribution in [3.63, 3.8) is 0 Å². The molecule has 3 rings (SSSR count). The number of benzene rings is 2. The van der Waals surface area contributed by atoms with Crippen LogP contribution in [0.15, 0.2) is 59.6 Å². The van der Waals surface area contributed by atoms with Crippen LogP contribution in [-0.2, 0) is 9.59 Å². The SMILES string of the molecule is Nc1cccc(C2=NC(=O)C(c3ccccc3)C(=O)N2)c1. The summed E-state index contributed by atoms with van der Waals surface area (Å²) in [6.45, 7) is 0. The number of aliphatic imine (C=N–C) groups is 1. The van der Waals surface area contributed by atoms with Crippen LogP contribution in [0.3, 0.4) is 0 Å². The van der Waals surface area contributed by atoms with Gasteiger partial charge in [0.15, 0.2) is 0 Å². The Balaban J connectivity index is 1.96. The maximum absolute atomic E-state index is 12.2. The molecular weight excluding hydrogens is 266 g/mol. The maximum Gasteiger partial charge on any atom is 0.264 e. The van der Waals surface area contributed by atoms with Gasteiger partial charge in [0.2, 0.25) is 5.91 Å². The fourth-order valence-corrected chi connectivity index (χ4v) is 2.27. The molecule has 1 aliphatic heterocycles. The second-order valence-electron chi connectivity index (χ2n) is 4.76. The average Bonchev–Trinajstić information content (AvgIpc) is 2.47. The molecule has 0 bridgehead atoms. The molecule has 3 N–H and O–H groups in total. The molecular formula is C16H13N3O2. The van der Waals surface area contributed by atoms with Crippen molar-refractivity contribution < 1.29 is 9.59 Å². The third kappa shape index (κ3) is 2.53. The van der Waals surface area contributed by atoms with E-state index >= 15 is 0 Å². The van der Waals surface area contributed by atoms with Gasteiger partial charge in [-0.25, -0.2) is 0 Å². The molecule has 2 amide bonds. The molecule has 0 saturated heterocycles. The lowest BCUT2D eigenvalue weighted by Gasteiger charge is -2.20. The number of anilines is 1. The van der Waals surface area contributed by atoms with Crippen LogP contribution < -0.4 is 11.1 Å². The van der Waals surface area contributed by atoms with Crippen LogP contribution in [0.25, 0.3) is 0 Å². The van der Waals surface area contributed by atoms with Gasteiger partial charge in [-0.05, 0) is 17.7 Å². The Morgan fingerprint density at radius 3 is 2.43 bits per heavy atom. The minimum Gasteiger partial charge on any atom is -0.399 e. The van der Waals surface area contributed by atoms with Gasteiger partial charge >= 0.3 is 0 Å². The molecule has 1 atom stereocenters. The topological polar surface area (TPSA) is 84.5 Å². The highest BCUT2D eigenvalue weighted by Crippen LogP contribution is 2.21. The standard InChI is InChI=1S/C16H13N3O2/c17-12-8-4-7-11(9-12)14-18-15(20)13(16(21)19-14)10-5-2-1-3-6-10/h1-9,13H,17H2,(H,18,19,20,21). The molecule has 0 aliphatic carbocycles. The first-order valence-electron chi connectivity index (χ1n) is 6.49. The number of rotatable bonds is 2. The van der Waals surface area contributed by atoms with E-state index in [0.717, 1.165) is 0 Å². The zero-order valence-corrected chi connectivity index (χ0v) is 11.1. The highest BCUT2D eigenvalue weighted by Gasteiger charge is 2.33. The predicted molar refractivity (Wildman–Crippen MR) is 79.7 cm³/mol. The van der Waals surface area contributed by atoms with Crippen molar-refractivity contribution in [3.8, 4) is 0 Å². The molecule has 0 saturated carbocycles. The lowest BCUT2D eigenvalue weighted by Crippen LogP contribution is -2.43. The summed E-state index contributed by atoms with van der Waals surface area (Å²) in [5, 5.41) is 2.67. The van der Waals surface area contributed by atoms with Crippen LogP contribution in [0.1, 0.15) is 17.0 Å². The third-order valence-electron chi connectivity index (χ3n) is 3.27. The Kier molecular flexibility index (Phi) is 3.23. The van der Waals surface area contributed by atoms with Crippen LogP contribution in [-0.4, -0.2) is 17.6 Å². The van der Waals surface area contributed by atoms with Gasteiger partial charge in [0.1, 0.15) is 11.8 Å². The Morgan fingerprint density at radius 2 is 1.76 bits per heavy atom. The van der Waals surface area contributed by atoms with Gasteiger partial charge in [0, 0.05) is 11.3 Å². The predicted octanol–water partition coefficient (Wildman–Crippen LogP) is 1.46. The average molecular weight is 279 g/mol. The van der Waals surface area contributed by atoms with Crippen LogP contribution >= 0.6 is 0 Å². The number of nitrogens with zero attached hydrogens (tertiary/aromatic N) is 1. The number of nitrogens with one attached hydrogen (secondary N) is 1. The van der Waals surface area contributed by atoms with Gasteiger partial charge in [0.25, 0.3) is 5.91 Å². The molecule has 1 heterocycles. The monoisotopic (exact) mass is 279 g/mol. The molecule has 0 fully saturated rings. The summed E-state index contributed by atoms with van der Waals surface area (Å²) in [5.41, 5.74) is 7.49. The molecule has 5 nitrogen and oxygen atoms in total. The summed E-state index contributed by atoms with van der Waals surface area (Å²) in [6.07, 6.45) is 0. The molecule has 0 aromatic heterocycles. The number of hydrogen-bond donors (Lipinski definition) is 2. The minimum absolute atomic E-state index is 0.240. The van der Waals surface area contributed by atoms with Gasteiger partial charge < -0.3 is 11.1 Å². The van der Waals surface area contributed by atoms with Crippen molar-refractivity contribution >= 4 is 23.3 Å². The van der Waals surface area contributed by atoms with Crippen LogP contribution in [0.5, 0.6) is 0 Å². The van der Waals surface area contributed by atoms with Crippen LogP contribution in [0.4, 0.5) is 5.69 Å². The van der Waals surface area contributed by atoms with E-state index in [-0.39, 0.29) is 11.7 Å². The van der Waals surface area contributed by atoms with Crippen LogP contribution in [0.2, 0.25) is 0 Å². The van der Waals surface area contributed by atoms with Crippen molar-refractivity contribution in [2.24, 2.45) is 4.99 Å². The Morgan fingerprint density at radius 1 is 1.00 bits per heavy atom. The van der Waals surface area contributed by atoms with Crippen molar-refractivity contribution in [1.29, 1.82) is 0 Å². The fraction of sp³-hybridized carbons (Fsp3) is 0.0625. The van der Waals surface area contributed by atoms with Crippen molar-refractivity contribution in [2.45, 2.75) is 5.92 Å². The van der Waals surface area contributed by atoms with Crippen molar-refractivity contribution in [3.05, 3.63) is 65.7 Å². The van der Waals surface area contributed by atoms with E-state index < -0.39 is 11.8 Å². The van der Waals surface area contributed by atoms with Crippen LogP contribution in [0, 0.1) is 0 Å². The molecule has 5 heteroatoms. The summed E-state index contributed by atoms with van der Waals surface area (Å²) >= 11 is 0. The second kappa shape index (κ2) is 5.20. The second-order valence-corrected chi connectivity index (χ2v) is 4.76. The van der Waals surface area contributed by atoms with E-state index in [9.17, 15) is 9.59 Å². The summed E-state index contributed by atoms with van der Waals surface area (Å²) in [5.74, 6) is -1.50. The lowest BCUT2D eigenvalue weighted by atomic mass is 9.96. The zero-order valence-electron chi connectivity index (χ0n) is 11.1. The highest BCUT2D eigenvalue weighted by molar-refractivity contribution is 6.23. The number of amides is 2. The van der Waals surface area contributed by atoms with Gasteiger partial charge in [-0.15, -0.1) is 0 Å². The fourth-order valence-electron chi connectivity index (χ4n) is 2.27. The van der Waals surface area contributed by atoms with Crippen molar-refractivity contribution in [2.75, 3.05) is 5.73 Å². The van der Waals surface area contributed by atoms with E-state index in [4.69, 9.17) is 5.73 Å². The van der Waals surface area contributed by atoms with Gasteiger partial charge in [-0.3, -0.25) is 9.59 Å². The molecule has 1 aliphatic rings. The highest BCUT2D eigenvalue weighted by atomic mass is 16.2. The first kappa shape index (κ1) is 13.1. The molecule has 1 unspecified atom stereocenters. The quantitative estimate of drug-likeness (QED) is 0.644. The first-order chi connectivity index (χ1) is 10.1. The number of amidine groups is 1. The number of nitrogens with two attached hydrogens (primary N) is 1. The number of hydrogen-bond acceptors (Lipinski definition) is 3. The number of carbonyl (C=O) groups is 2. The Hall–Kier alpha value is -2.95. The molecule has 2 aromatic carbocycles. The van der Waals surface area contributed by atoms with E-state index in [2.05, 4.69) is 10.3 Å². The Bertz CT molecular complexity index is 738. The summed E-state index contributed by atoms with van der Waals surface area (Å²) in [6, 6.07) is 15.7. The van der Waals surface area contributed by atoms with Gasteiger partial charge in [0.05, 0.1) is 0 Å². The zero-order chi connectivity index (χ0) is 14.8. The van der Waals surface area contributed by atoms with Gasteiger partial charge in [-0.1, -0.05) is 42.5 Å². The summed E-state index contributed by atoms with van der Waals surface area (Å²) in [4.78, 5) is 28.4. The maximum atomic E-state index is 12.2.